The lowest BCUT2D eigenvalue weighted by atomic mass is 9.71. The number of hydrogen-bond donors (Lipinski definition) is 1. The third-order valence-electron chi connectivity index (χ3n) is 5.11. The molecule has 2 aliphatic rings. The molecule has 2 fully saturated rings. The highest BCUT2D eigenvalue weighted by Gasteiger charge is 2.59. The second kappa shape index (κ2) is 5.05. The Morgan fingerprint density at radius 1 is 1.35 bits per heavy atom. The molecule has 1 aromatic carbocycles. The predicted molar refractivity (Wildman–Crippen MR) is 79.8 cm³/mol. The van der Waals surface area contributed by atoms with E-state index in [-0.39, 0.29) is 0 Å². The first-order valence-corrected chi connectivity index (χ1v) is 7.57. The number of ether oxygens (including phenoxy) is 1. The fraction of sp³-hybridized carbons (Fsp3) is 0.647. The highest BCUT2D eigenvalue weighted by molar-refractivity contribution is 5.35. The minimum absolute atomic E-state index is 0.313. The van der Waals surface area contributed by atoms with Gasteiger partial charge in [0.15, 0.2) is 0 Å². The fourth-order valence-corrected chi connectivity index (χ4v) is 4.04. The zero-order valence-corrected chi connectivity index (χ0v) is 12.7. The van der Waals surface area contributed by atoms with Gasteiger partial charge >= 0.3 is 0 Å². The average molecular weight is 275 g/mol. The van der Waals surface area contributed by atoms with Gasteiger partial charge in [0.05, 0.1) is 12.7 Å². The third kappa shape index (κ3) is 2.23. The van der Waals surface area contributed by atoms with Crippen molar-refractivity contribution in [3.8, 4) is 5.75 Å². The lowest BCUT2D eigenvalue weighted by Gasteiger charge is -2.42. The van der Waals surface area contributed by atoms with Gasteiger partial charge in [-0.1, -0.05) is 12.1 Å². The number of aliphatic hydroxyl groups is 1. The van der Waals surface area contributed by atoms with Crippen LogP contribution in [0.15, 0.2) is 24.3 Å². The van der Waals surface area contributed by atoms with Crippen LogP contribution < -0.4 is 4.74 Å². The van der Waals surface area contributed by atoms with Crippen molar-refractivity contribution in [2.24, 2.45) is 17.8 Å². The maximum Gasteiger partial charge on any atom is 0.119 e. The summed E-state index contributed by atoms with van der Waals surface area (Å²) in [4.78, 5) is 2.19. The van der Waals surface area contributed by atoms with Gasteiger partial charge in [0.2, 0.25) is 0 Å². The van der Waals surface area contributed by atoms with Crippen LogP contribution in [0.1, 0.15) is 24.8 Å². The predicted octanol–water partition coefficient (Wildman–Crippen LogP) is 2.49. The van der Waals surface area contributed by atoms with E-state index >= 15 is 0 Å². The standard InChI is InChI=1S/C17H25NO2/c1-18(2)11-14-8-7-12-9-16(12)17(14,19)13-5-4-6-15(10-13)20-3/h4-6,10,12,14,16,19H,7-9,11H2,1-3H3/t12-,14-,16+,17+/m1/s1. The summed E-state index contributed by atoms with van der Waals surface area (Å²) in [5, 5.41) is 11.5. The molecule has 0 saturated heterocycles. The smallest absolute Gasteiger partial charge is 0.119 e. The summed E-state index contributed by atoms with van der Waals surface area (Å²) in [5.74, 6) is 2.31. The Kier molecular flexibility index (Phi) is 3.51. The van der Waals surface area contributed by atoms with Crippen LogP contribution in [-0.4, -0.2) is 37.8 Å². The highest BCUT2D eigenvalue weighted by Crippen LogP contribution is 2.61. The SMILES string of the molecule is COc1cccc([C@]2(O)[C@@H](CN(C)C)CC[C@@H]3C[C@@H]32)c1. The van der Waals surface area contributed by atoms with E-state index in [9.17, 15) is 5.11 Å². The molecule has 20 heavy (non-hydrogen) atoms. The van der Waals surface area contributed by atoms with Crippen molar-refractivity contribution in [3.05, 3.63) is 29.8 Å². The Morgan fingerprint density at radius 2 is 2.15 bits per heavy atom. The largest absolute Gasteiger partial charge is 0.497 e. The number of benzene rings is 1. The lowest BCUT2D eigenvalue weighted by Crippen LogP contribution is -2.45. The van der Waals surface area contributed by atoms with Gasteiger partial charge in [-0.05, 0) is 62.9 Å². The van der Waals surface area contributed by atoms with E-state index in [4.69, 9.17) is 4.74 Å². The van der Waals surface area contributed by atoms with E-state index in [1.54, 1.807) is 7.11 Å². The van der Waals surface area contributed by atoms with Crippen LogP contribution in [-0.2, 0) is 5.60 Å². The number of fused-ring (bicyclic) bond motifs is 1. The van der Waals surface area contributed by atoms with Gasteiger partial charge < -0.3 is 14.7 Å². The molecule has 0 aliphatic heterocycles. The first-order chi connectivity index (χ1) is 9.55. The van der Waals surface area contributed by atoms with Crippen molar-refractivity contribution < 1.29 is 9.84 Å². The van der Waals surface area contributed by atoms with E-state index in [2.05, 4.69) is 25.1 Å². The second-order valence-corrected chi connectivity index (χ2v) is 6.70. The van der Waals surface area contributed by atoms with Crippen molar-refractivity contribution in [1.82, 2.24) is 4.90 Å². The summed E-state index contributed by atoms with van der Waals surface area (Å²) < 4.78 is 5.33. The summed E-state index contributed by atoms with van der Waals surface area (Å²) in [6.07, 6.45) is 3.57. The van der Waals surface area contributed by atoms with Gasteiger partial charge in [-0.25, -0.2) is 0 Å². The molecule has 0 radical (unpaired) electrons. The molecule has 2 aliphatic carbocycles. The Morgan fingerprint density at radius 3 is 2.85 bits per heavy atom. The van der Waals surface area contributed by atoms with Crippen LogP contribution in [0, 0.1) is 17.8 Å². The molecular weight excluding hydrogens is 250 g/mol. The van der Waals surface area contributed by atoms with E-state index < -0.39 is 5.60 Å². The Bertz CT molecular complexity index is 488. The molecule has 4 atom stereocenters. The van der Waals surface area contributed by atoms with E-state index in [0.29, 0.717) is 11.8 Å². The van der Waals surface area contributed by atoms with Gasteiger partial charge in [-0.2, -0.15) is 0 Å². The summed E-state index contributed by atoms with van der Waals surface area (Å²) >= 11 is 0. The zero-order valence-electron chi connectivity index (χ0n) is 12.7. The van der Waals surface area contributed by atoms with E-state index in [1.165, 1.54) is 12.8 Å². The van der Waals surface area contributed by atoms with Gasteiger partial charge in [-0.15, -0.1) is 0 Å². The van der Waals surface area contributed by atoms with Crippen molar-refractivity contribution in [2.75, 3.05) is 27.7 Å². The summed E-state index contributed by atoms with van der Waals surface area (Å²) in [6.45, 7) is 0.941. The van der Waals surface area contributed by atoms with Crippen LogP contribution >= 0.6 is 0 Å². The van der Waals surface area contributed by atoms with Crippen LogP contribution in [0.5, 0.6) is 5.75 Å². The molecule has 0 heterocycles. The maximum atomic E-state index is 11.5. The van der Waals surface area contributed by atoms with E-state index in [1.807, 2.05) is 18.2 Å². The van der Waals surface area contributed by atoms with Crippen LogP contribution in [0.2, 0.25) is 0 Å². The number of hydrogen-bond acceptors (Lipinski definition) is 3. The zero-order chi connectivity index (χ0) is 14.3. The molecule has 110 valence electrons. The van der Waals surface area contributed by atoms with Crippen molar-refractivity contribution in [2.45, 2.75) is 24.9 Å². The number of nitrogens with zero attached hydrogens (tertiary/aromatic N) is 1. The molecule has 2 saturated carbocycles. The number of methoxy groups -OCH3 is 1. The van der Waals surface area contributed by atoms with Crippen molar-refractivity contribution in [3.63, 3.8) is 0 Å². The van der Waals surface area contributed by atoms with Gasteiger partial charge in [0, 0.05) is 12.5 Å². The summed E-state index contributed by atoms with van der Waals surface area (Å²) in [7, 11) is 5.86. The molecule has 0 aromatic heterocycles. The van der Waals surface area contributed by atoms with Crippen LogP contribution in [0.25, 0.3) is 0 Å². The molecule has 0 amide bonds. The normalized spacial score (nSPS) is 35.8. The monoisotopic (exact) mass is 275 g/mol. The number of rotatable bonds is 4. The van der Waals surface area contributed by atoms with Crippen LogP contribution in [0.4, 0.5) is 0 Å². The van der Waals surface area contributed by atoms with Gasteiger partial charge in [-0.3, -0.25) is 0 Å². The molecule has 0 spiro atoms. The molecule has 1 N–H and O–H groups in total. The quantitative estimate of drug-likeness (QED) is 0.916. The van der Waals surface area contributed by atoms with Crippen molar-refractivity contribution >= 4 is 0 Å². The topological polar surface area (TPSA) is 32.7 Å². The van der Waals surface area contributed by atoms with E-state index in [0.717, 1.165) is 30.2 Å². The van der Waals surface area contributed by atoms with Gasteiger partial charge in [0.1, 0.15) is 5.75 Å². The minimum atomic E-state index is -0.679. The Hall–Kier alpha value is -1.06. The average Bonchev–Trinajstić information content (AvgIpc) is 3.22. The fourth-order valence-electron chi connectivity index (χ4n) is 4.04. The maximum absolute atomic E-state index is 11.5. The molecule has 3 heteroatoms. The van der Waals surface area contributed by atoms with Crippen LogP contribution in [0.3, 0.4) is 0 Å². The molecule has 0 unspecified atom stereocenters. The summed E-state index contributed by atoms with van der Waals surface area (Å²) in [6, 6.07) is 8.01. The molecule has 1 aromatic rings. The summed E-state index contributed by atoms with van der Waals surface area (Å²) in [5.41, 5.74) is 0.359. The molecule has 3 rings (SSSR count). The Balaban J connectivity index is 1.96. The minimum Gasteiger partial charge on any atom is -0.497 e. The highest BCUT2D eigenvalue weighted by atomic mass is 16.5. The molecule has 0 bridgehead atoms. The first kappa shape index (κ1) is 13.9. The van der Waals surface area contributed by atoms with Gasteiger partial charge in [0.25, 0.3) is 0 Å². The third-order valence-corrected chi connectivity index (χ3v) is 5.11. The first-order valence-electron chi connectivity index (χ1n) is 7.57. The lowest BCUT2D eigenvalue weighted by molar-refractivity contribution is -0.0751. The second-order valence-electron chi connectivity index (χ2n) is 6.70. The Labute approximate surface area is 121 Å². The molecular formula is C17H25NO2. The van der Waals surface area contributed by atoms with Crippen molar-refractivity contribution in [1.29, 1.82) is 0 Å². The molecule has 3 nitrogen and oxygen atoms in total.